The standard InChI is InChI=1S/C23H26N2O4/c1-18-7-9-19(10-8-18)11-12-23(27)29-17-22(26)25-15-13-24(14-16-25)20-5-3-4-6-21(20)28-2/h3-12H,13-17H2,1-2H3/b12-11+. The zero-order valence-electron chi connectivity index (χ0n) is 16.8. The summed E-state index contributed by atoms with van der Waals surface area (Å²) in [5.74, 6) is 0.120. The maximum Gasteiger partial charge on any atom is 0.331 e. The first kappa shape index (κ1) is 20.5. The van der Waals surface area contributed by atoms with Gasteiger partial charge in [0.05, 0.1) is 12.8 Å². The monoisotopic (exact) mass is 394 g/mol. The van der Waals surface area contributed by atoms with E-state index in [1.807, 2.05) is 55.5 Å². The van der Waals surface area contributed by atoms with Gasteiger partial charge in [-0.1, -0.05) is 42.0 Å². The summed E-state index contributed by atoms with van der Waals surface area (Å²) in [6, 6.07) is 15.6. The molecular formula is C23H26N2O4. The SMILES string of the molecule is COc1ccccc1N1CCN(C(=O)COC(=O)/C=C/c2ccc(C)cc2)CC1. The van der Waals surface area contributed by atoms with Crippen molar-refractivity contribution in [2.24, 2.45) is 0 Å². The van der Waals surface area contributed by atoms with E-state index in [0.29, 0.717) is 26.2 Å². The third kappa shape index (κ3) is 5.60. The summed E-state index contributed by atoms with van der Waals surface area (Å²) in [6.45, 7) is 4.32. The molecule has 1 aliphatic heterocycles. The first-order valence-corrected chi connectivity index (χ1v) is 9.64. The number of hydrogen-bond donors (Lipinski definition) is 0. The Balaban J connectivity index is 1.45. The topological polar surface area (TPSA) is 59.1 Å². The van der Waals surface area contributed by atoms with Crippen LogP contribution in [0.4, 0.5) is 5.69 Å². The van der Waals surface area contributed by atoms with Gasteiger partial charge in [-0.2, -0.15) is 0 Å². The number of hydrogen-bond acceptors (Lipinski definition) is 5. The minimum absolute atomic E-state index is 0.179. The number of carbonyl (C=O) groups is 2. The fraction of sp³-hybridized carbons (Fsp3) is 0.304. The first-order valence-electron chi connectivity index (χ1n) is 9.64. The Morgan fingerprint density at radius 2 is 1.69 bits per heavy atom. The smallest absolute Gasteiger partial charge is 0.331 e. The molecule has 2 aromatic rings. The summed E-state index contributed by atoms with van der Waals surface area (Å²) in [5.41, 5.74) is 3.09. The quantitative estimate of drug-likeness (QED) is 0.557. The molecule has 6 nitrogen and oxygen atoms in total. The van der Waals surface area contributed by atoms with Crippen molar-refractivity contribution in [1.29, 1.82) is 0 Å². The molecule has 0 radical (unpaired) electrons. The highest BCUT2D eigenvalue weighted by molar-refractivity contribution is 5.89. The largest absolute Gasteiger partial charge is 0.495 e. The number of rotatable bonds is 6. The number of ether oxygens (including phenoxy) is 2. The Hall–Kier alpha value is -3.28. The first-order chi connectivity index (χ1) is 14.1. The van der Waals surface area contributed by atoms with Crippen molar-refractivity contribution in [3.8, 4) is 5.75 Å². The van der Waals surface area contributed by atoms with Crippen molar-refractivity contribution >= 4 is 23.6 Å². The summed E-state index contributed by atoms with van der Waals surface area (Å²) in [4.78, 5) is 28.2. The van der Waals surface area contributed by atoms with Gasteiger partial charge in [0, 0.05) is 32.3 Å². The van der Waals surface area contributed by atoms with E-state index in [9.17, 15) is 9.59 Å². The van der Waals surface area contributed by atoms with Gasteiger partial charge in [-0.05, 0) is 30.7 Å². The van der Waals surface area contributed by atoms with Crippen molar-refractivity contribution in [2.75, 3.05) is 44.8 Å². The number of methoxy groups -OCH3 is 1. The highest BCUT2D eigenvalue weighted by Gasteiger charge is 2.23. The van der Waals surface area contributed by atoms with Crippen LogP contribution in [0.1, 0.15) is 11.1 Å². The van der Waals surface area contributed by atoms with E-state index < -0.39 is 5.97 Å². The Morgan fingerprint density at radius 1 is 1.00 bits per heavy atom. The van der Waals surface area contributed by atoms with Gasteiger partial charge in [0.25, 0.3) is 5.91 Å². The Morgan fingerprint density at radius 3 is 2.38 bits per heavy atom. The molecule has 1 aliphatic rings. The number of para-hydroxylation sites is 2. The molecule has 1 amide bonds. The number of esters is 1. The van der Waals surface area contributed by atoms with Crippen LogP contribution < -0.4 is 9.64 Å². The fourth-order valence-electron chi connectivity index (χ4n) is 3.20. The molecule has 0 N–H and O–H groups in total. The normalized spacial score (nSPS) is 14.1. The highest BCUT2D eigenvalue weighted by atomic mass is 16.5. The second-order valence-electron chi connectivity index (χ2n) is 6.89. The number of aryl methyl sites for hydroxylation is 1. The van der Waals surface area contributed by atoms with Gasteiger partial charge in [0.1, 0.15) is 5.75 Å². The van der Waals surface area contributed by atoms with Crippen molar-refractivity contribution in [3.05, 3.63) is 65.7 Å². The number of piperazine rings is 1. The molecule has 0 aliphatic carbocycles. The molecule has 2 aromatic carbocycles. The predicted octanol–water partition coefficient (Wildman–Crippen LogP) is 2.91. The molecular weight excluding hydrogens is 368 g/mol. The summed E-state index contributed by atoms with van der Waals surface area (Å²) in [5, 5.41) is 0. The zero-order valence-corrected chi connectivity index (χ0v) is 16.8. The number of amides is 1. The van der Waals surface area contributed by atoms with Gasteiger partial charge in [0.2, 0.25) is 0 Å². The number of benzene rings is 2. The molecule has 1 saturated heterocycles. The number of carbonyl (C=O) groups excluding carboxylic acids is 2. The van der Waals surface area contributed by atoms with Crippen LogP contribution in [0.2, 0.25) is 0 Å². The van der Waals surface area contributed by atoms with Gasteiger partial charge >= 0.3 is 5.97 Å². The molecule has 152 valence electrons. The number of nitrogens with zero attached hydrogens (tertiary/aromatic N) is 2. The molecule has 1 fully saturated rings. The lowest BCUT2D eigenvalue weighted by molar-refractivity contribution is -0.148. The van der Waals surface area contributed by atoms with Crippen LogP contribution in [0, 0.1) is 6.92 Å². The van der Waals surface area contributed by atoms with E-state index in [2.05, 4.69) is 4.90 Å². The number of anilines is 1. The predicted molar refractivity (Wildman–Crippen MR) is 113 cm³/mol. The van der Waals surface area contributed by atoms with E-state index in [1.165, 1.54) is 6.08 Å². The van der Waals surface area contributed by atoms with Gasteiger partial charge < -0.3 is 19.3 Å². The van der Waals surface area contributed by atoms with E-state index in [4.69, 9.17) is 9.47 Å². The van der Waals surface area contributed by atoms with Crippen LogP contribution in [0.25, 0.3) is 6.08 Å². The lowest BCUT2D eigenvalue weighted by Crippen LogP contribution is -2.50. The van der Waals surface area contributed by atoms with Crippen LogP contribution in [0.5, 0.6) is 5.75 Å². The summed E-state index contributed by atoms with van der Waals surface area (Å²) >= 11 is 0. The maximum atomic E-state index is 12.4. The van der Waals surface area contributed by atoms with E-state index in [-0.39, 0.29) is 12.5 Å². The molecule has 0 aromatic heterocycles. The second-order valence-corrected chi connectivity index (χ2v) is 6.89. The molecule has 0 atom stereocenters. The van der Waals surface area contributed by atoms with E-state index >= 15 is 0 Å². The Kier molecular flexibility index (Phi) is 6.89. The van der Waals surface area contributed by atoms with Crippen LogP contribution in [-0.2, 0) is 14.3 Å². The summed E-state index contributed by atoms with van der Waals surface area (Å²) < 4.78 is 10.5. The van der Waals surface area contributed by atoms with Crippen LogP contribution >= 0.6 is 0 Å². The van der Waals surface area contributed by atoms with Crippen molar-refractivity contribution < 1.29 is 19.1 Å². The molecule has 0 unspecified atom stereocenters. The minimum atomic E-state index is -0.522. The van der Waals surface area contributed by atoms with E-state index in [0.717, 1.165) is 22.6 Å². The molecule has 0 spiro atoms. The maximum absolute atomic E-state index is 12.4. The fourth-order valence-corrected chi connectivity index (χ4v) is 3.20. The average molecular weight is 394 g/mol. The molecule has 1 heterocycles. The van der Waals surface area contributed by atoms with Crippen molar-refractivity contribution in [3.63, 3.8) is 0 Å². The van der Waals surface area contributed by atoms with E-state index in [1.54, 1.807) is 18.1 Å². The van der Waals surface area contributed by atoms with Crippen LogP contribution in [0.3, 0.4) is 0 Å². The Bertz CT molecular complexity index is 869. The highest BCUT2D eigenvalue weighted by Crippen LogP contribution is 2.28. The summed E-state index contributed by atoms with van der Waals surface area (Å²) in [6.07, 6.45) is 3.02. The lowest BCUT2D eigenvalue weighted by Gasteiger charge is -2.36. The third-order valence-corrected chi connectivity index (χ3v) is 4.89. The molecule has 0 saturated carbocycles. The van der Waals surface area contributed by atoms with Crippen molar-refractivity contribution in [1.82, 2.24) is 4.90 Å². The zero-order chi connectivity index (χ0) is 20.6. The molecule has 29 heavy (non-hydrogen) atoms. The van der Waals surface area contributed by atoms with Gasteiger partial charge in [-0.3, -0.25) is 4.79 Å². The third-order valence-electron chi connectivity index (χ3n) is 4.89. The average Bonchev–Trinajstić information content (AvgIpc) is 2.77. The molecule has 3 rings (SSSR count). The minimum Gasteiger partial charge on any atom is -0.495 e. The lowest BCUT2D eigenvalue weighted by atomic mass is 10.1. The van der Waals surface area contributed by atoms with Crippen molar-refractivity contribution in [2.45, 2.75) is 6.92 Å². The summed E-state index contributed by atoms with van der Waals surface area (Å²) in [7, 11) is 1.65. The van der Waals surface area contributed by atoms with Crippen LogP contribution in [0.15, 0.2) is 54.6 Å². The van der Waals surface area contributed by atoms with Crippen LogP contribution in [-0.4, -0.2) is 56.7 Å². The van der Waals surface area contributed by atoms with Gasteiger partial charge in [0.15, 0.2) is 6.61 Å². The Labute approximate surface area is 171 Å². The van der Waals surface area contributed by atoms with Gasteiger partial charge in [-0.25, -0.2) is 4.79 Å². The van der Waals surface area contributed by atoms with Gasteiger partial charge in [-0.15, -0.1) is 0 Å². The molecule has 6 heteroatoms. The molecule has 0 bridgehead atoms. The second kappa shape index (κ2) is 9.78.